The van der Waals surface area contributed by atoms with Gasteiger partial charge in [0.2, 0.25) is 5.91 Å². The van der Waals surface area contributed by atoms with Crippen LogP contribution in [0.1, 0.15) is 51.0 Å². The molecular weight excluding hydrogens is 310 g/mol. The van der Waals surface area contributed by atoms with E-state index in [1.54, 1.807) is 0 Å². The number of aliphatic hydroxyl groups excluding tert-OH is 1. The first kappa shape index (κ1) is 16.8. The van der Waals surface area contributed by atoms with Crippen LogP contribution in [0.5, 0.6) is 0 Å². The Hall–Kier alpha value is -1.06. The van der Waals surface area contributed by atoms with Crippen molar-refractivity contribution >= 4 is 17.5 Å². The largest absolute Gasteiger partial charge is 0.396 e. The van der Waals surface area contributed by atoms with E-state index >= 15 is 0 Å². The van der Waals surface area contributed by atoms with Gasteiger partial charge in [-0.25, -0.2) is 0 Å². The molecule has 1 aliphatic heterocycles. The summed E-state index contributed by atoms with van der Waals surface area (Å²) in [7, 11) is 0. The van der Waals surface area contributed by atoms with E-state index in [-0.39, 0.29) is 23.3 Å². The zero-order valence-corrected chi connectivity index (χ0v) is 14.6. The number of piperidine rings is 1. The number of amides is 1. The Morgan fingerprint density at radius 3 is 2.43 bits per heavy atom. The standard InChI is InChI=1S/C19H26ClNO2/c1-2-18(14-22)9-11-21(12-10-18)17(23)19(7-4-8-19)15-5-3-6-16(20)13-15/h3,5-6,13,22H,2,4,7-12,14H2,1H3. The lowest BCUT2D eigenvalue weighted by Gasteiger charge is -2.47. The predicted octanol–water partition coefficient (Wildman–Crippen LogP) is 3.77. The minimum Gasteiger partial charge on any atom is -0.396 e. The topological polar surface area (TPSA) is 40.5 Å². The summed E-state index contributed by atoms with van der Waals surface area (Å²) in [4.78, 5) is 15.2. The Morgan fingerprint density at radius 1 is 1.26 bits per heavy atom. The van der Waals surface area contributed by atoms with Gasteiger partial charge in [0.05, 0.1) is 5.41 Å². The fourth-order valence-electron chi connectivity index (χ4n) is 4.05. The van der Waals surface area contributed by atoms with Gasteiger partial charge in [-0.2, -0.15) is 0 Å². The van der Waals surface area contributed by atoms with Crippen molar-refractivity contribution < 1.29 is 9.90 Å². The van der Waals surface area contributed by atoms with E-state index in [0.717, 1.165) is 57.2 Å². The number of hydrogen-bond acceptors (Lipinski definition) is 2. The van der Waals surface area contributed by atoms with Gasteiger partial charge < -0.3 is 10.0 Å². The fraction of sp³-hybridized carbons (Fsp3) is 0.632. The third-order valence-corrected chi connectivity index (χ3v) is 6.43. The maximum atomic E-state index is 13.2. The maximum Gasteiger partial charge on any atom is 0.233 e. The van der Waals surface area contributed by atoms with Crippen LogP contribution in [-0.2, 0) is 10.2 Å². The third-order valence-electron chi connectivity index (χ3n) is 6.19. The molecule has 1 aliphatic carbocycles. The number of aliphatic hydroxyl groups is 1. The second kappa shape index (κ2) is 6.45. The summed E-state index contributed by atoms with van der Waals surface area (Å²) in [5.41, 5.74) is 0.714. The van der Waals surface area contributed by atoms with Gasteiger partial charge in [0.15, 0.2) is 0 Å². The third kappa shape index (κ3) is 2.89. The SMILES string of the molecule is CCC1(CO)CCN(C(=O)C2(c3cccc(Cl)c3)CCC2)CC1. The molecule has 3 nitrogen and oxygen atoms in total. The Balaban J connectivity index is 1.77. The molecule has 2 aliphatic rings. The lowest BCUT2D eigenvalue weighted by Crippen LogP contribution is -2.54. The molecule has 2 fully saturated rings. The molecule has 0 spiro atoms. The van der Waals surface area contributed by atoms with Crippen LogP contribution in [0.3, 0.4) is 0 Å². The molecule has 1 saturated carbocycles. The zero-order chi connectivity index (χ0) is 16.5. The van der Waals surface area contributed by atoms with Crippen LogP contribution in [0, 0.1) is 5.41 Å². The van der Waals surface area contributed by atoms with Crippen molar-refractivity contribution in [3.63, 3.8) is 0 Å². The summed E-state index contributed by atoms with van der Waals surface area (Å²) in [6, 6.07) is 7.79. The van der Waals surface area contributed by atoms with Crippen molar-refractivity contribution in [2.24, 2.45) is 5.41 Å². The van der Waals surface area contributed by atoms with Crippen molar-refractivity contribution in [2.45, 2.75) is 50.9 Å². The molecule has 0 bridgehead atoms. The van der Waals surface area contributed by atoms with Crippen LogP contribution >= 0.6 is 11.6 Å². The van der Waals surface area contributed by atoms with Crippen molar-refractivity contribution in [1.82, 2.24) is 4.90 Å². The van der Waals surface area contributed by atoms with Crippen molar-refractivity contribution in [2.75, 3.05) is 19.7 Å². The maximum absolute atomic E-state index is 13.2. The molecule has 1 N–H and O–H groups in total. The Morgan fingerprint density at radius 2 is 1.96 bits per heavy atom. The number of halogens is 1. The van der Waals surface area contributed by atoms with Gasteiger partial charge in [0.25, 0.3) is 0 Å². The zero-order valence-electron chi connectivity index (χ0n) is 13.9. The van der Waals surface area contributed by atoms with Gasteiger partial charge in [-0.15, -0.1) is 0 Å². The summed E-state index contributed by atoms with van der Waals surface area (Å²) in [5, 5.41) is 10.4. The van der Waals surface area contributed by atoms with Gasteiger partial charge in [0.1, 0.15) is 0 Å². The Kier molecular flexibility index (Phi) is 4.70. The van der Waals surface area contributed by atoms with Gasteiger partial charge in [-0.1, -0.05) is 37.1 Å². The first-order chi connectivity index (χ1) is 11.1. The van der Waals surface area contributed by atoms with E-state index in [4.69, 9.17) is 11.6 Å². The number of benzene rings is 1. The second-order valence-corrected chi connectivity index (χ2v) is 7.69. The molecule has 4 heteroatoms. The molecule has 0 aromatic heterocycles. The van der Waals surface area contributed by atoms with E-state index < -0.39 is 0 Å². The first-order valence-corrected chi connectivity index (χ1v) is 9.09. The quantitative estimate of drug-likeness (QED) is 0.909. The van der Waals surface area contributed by atoms with Crippen molar-refractivity contribution in [1.29, 1.82) is 0 Å². The summed E-state index contributed by atoms with van der Waals surface area (Å²) in [5.74, 6) is 0.258. The summed E-state index contributed by atoms with van der Waals surface area (Å²) in [6.07, 6.45) is 5.71. The van der Waals surface area contributed by atoms with E-state index in [9.17, 15) is 9.90 Å². The second-order valence-electron chi connectivity index (χ2n) is 7.25. The number of carbonyl (C=O) groups excluding carboxylic acids is 1. The fourth-order valence-corrected chi connectivity index (χ4v) is 4.24. The van der Waals surface area contributed by atoms with E-state index in [2.05, 4.69) is 6.92 Å². The van der Waals surface area contributed by atoms with Crippen molar-refractivity contribution in [3.05, 3.63) is 34.9 Å². The van der Waals surface area contributed by atoms with Crippen LogP contribution in [0.15, 0.2) is 24.3 Å². The van der Waals surface area contributed by atoms with Crippen LogP contribution in [0.25, 0.3) is 0 Å². The number of nitrogens with zero attached hydrogens (tertiary/aromatic N) is 1. The average molecular weight is 336 g/mol. The molecule has 3 rings (SSSR count). The van der Waals surface area contributed by atoms with Crippen LogP contribution in [0.2, 0.25) is 5.02 Å². The summed E-state index contributed by atoms with van der Waals surface area (Å²) >= 11 is 6.14. The van der Waals surface area contributed by atoms with Crippen LogP contribution in [-0.4, -0.2) is 35.6 Å². The highest BCUT2D eigenvalue weighted by Gasteiger charge is 2.48. The normalized spacial score (nSPS) is 22.5. The monoisotopic (exact) mass is 335 g/mol. The molecule has 126 valence electrons. The summed E-state index contributed by atoms with van der Waals surface area (Å²) in [6.45, 7) is 3.88. The van der Waals surface area contributed by atoms with Crippen molar-refractivity contribution in [3.8, 4) is 0 Å². The van der Waals surface area contributed by atoms with Gasteiger partial charge >= 0.3 is 0 Å². The molecule has 0 atom stereocenters. The number of carbonyl (C=O) groups is 1. The Labute approximate surface area is 143 Å². The smallest absolute Gasteiger partial charge is 0.233 e. The highest BCUT2D eigenvalue weighted by atomic mass is 35.5. The first-order valence-electron chi connectivity index (χ1n) is 8.72. The predicted molar refractivity (Wildman–Crippen MR) is 92.6 cm³/mol. The number of rotatable bonds is 4. The lowest BCUT2D eigenvalue weighted by atomic mass is 9.63. The highest BCUT2D eigenvalue weighted by molar-refractivity contribution is 6.30. The van der Waals surface area contributed by atoms with Crippen LogP contribution < -0.4 is 0 Å². The molecule has 1 saturated heterocycles. The molecule has 0 unspecified atom stereocenters. The average Bonchev–Trinajstić information content (AvgIpc) is 2.54. The minimum atomic E-state index is -0.365. The van der Waals surface area contributed by atoms with Gasteiger partial charge in [-0.3, -0.25) is 4.79 Å². The summed E-state index contributed by atoms with van der Waals surface area (Å²) < 4.78 is 0. The Bertz CT molecular complexity index is 568. The molecule has 0 radical (unpaired) electrons. The molecular formula is C19H26ClNO2. The van der Waals surface area contributed by atoms with Gasteiger partial charge in [-0.05, 0) is 55.2 Å². The minimum absolute atomic E-state index is 0.0135. The number of likely N-dealkylation sites (tertiary alicyclic amines) is 1. The molecule has 1 heterocycles. The van der Waals surface area contributed by atoms with Crippen LogP contribution in [0.4, 0.5) is 0 Å². The molecule has 1 amide bonds. The van der Waals surface area contributed by atoms with E-state index in [0.29, 0.717) is 5.02 Å². The number of hydrogen-bond donors (Lipinski definition) is 1. The highest BCUT2D eigenvalue weighted by Crippen LogP contribution is 2.47. The molecule has 1 aromatic carbocycles. The lowest BCUT2D eigenvalue weighted by molar-refractivity contribution is -0.144. The van der Waals surface area contributed by atoms with E-state index in [1.165, 1.54) is 0 Å². The van der Waals surface area contributed by atoms with E-state index in [1.807, 2.05) is 29.2 Å². The molecule has 1 aromatic rings. The van der Waals surface area contributed by atoms with Gasteiger partial charge in [0, 0.05) is 24.7 Å². The molecule has 23 heavy (non-hydrogen) atoms.